The van der Waals surface area contributed by atoms with Crippen LogP contribution in [0.2, 0.25) is 5.02 Å². The number of carbonyl (C=O) groups is 1. The van der Waals surface area contributed by atoms with Gasteiger partial charge in [-0.25, -0.2) is 0 Å². The summed E-state index contributed by atoms with van der Waals surface area (Å²) < 4.78 is 3.13. The molecule has 12 heteroatoms. The molecule has 0 fully saturated rings. The van der Waals surface area contributed by atoms with Crippen molar-refractivity contribution in [2.75, 3.05) is 5.32 Å². The van der Waals surface area contributed by atoms with Gasteiger partial charge in [0.2, 0.25) is 11.7 Å². The van der Waals surface area contributed by atoms with Crippen LogP contribution >= 0.6 is 23.4 Å². The van der Waals surface area contributed by atoms with Gasteiger partial charge in [-0.15, -0.1) is 10.2 Å². The van der Waals surface area contributed by atoms with E-state index in [1.54, 1.807) is 36.6 Å². The van der Waals surface area contributed by atoms with Gasteiger partial charge in [-0.05, 0) is 25.1 Å². The third kappa shape index (κ3) is 3.73. The van der Waals surface area contributed by atoms with Crippen LogP contribution in [0, 0.1) is 10.1 Å². The summed E-state index contributed by atoms with van der Waals surface area (Å²) in [5, 5.41) is 22.2. The standard InChI is InChI=1S/C19H15ClN6O4S/c1-10(16(27)21-14-8-7-11(26(29)30)9-13(14)20)31-19-23-22-18-24(2)17(28)12-5-3-4-6-15(12)25(18)19/h3-10H,1-2H3,(H,21,27). The Labute approximate surface area is 184 Å². The number of benzene rings is 2. The molecule has 1 atom stereocenters. The van der Waals surface area contributed by atoms with Gasteiger partial charge in [-0.2, -0.15) is 0 Å². The molecule has 10 nitrogen and oxygen atoms in total. The zero-order valence-electron chi connectivity index (χ0n) is 16.3. The maximum atomic E-state index is 12.7. The minimum absolute atomic E-state index is 0.0636. The first-order valence-electron chi connectivity index (χ1n) is 9.02. The SMILES string of the molecule is CC(Sc1nnc2n(C)c(=O)c3ccccc3n12)C(=O)Nc1ccc([N+](=O)[O-])cc1Cl. The molecule has 0 aliphatic heterocycles. The molecule has 1 N–H and O–H groups in total. The zero-order chi connectivity index (χ0) is 22.3. The molecule has 2 heterocycles. The van der Waals surface area contributed by atoms with Crippen LogP contribution in [-0.4, -0.2) is 35.2 Å². The van der Waals surface area contributed by atoms with E-state index in [-0.39, 0.29) is 27.9 Å². The fourth-order valence-corrected chi connectivity index (χ4v) is 4.13. The largest absolute Gasteiger partial charge is 0.324 e. The molecular formula is C19H15ClN6O4S. The number of fused-ring (bicyclic) bond motifs is 3. The number of nitrogens with one attached hydrogen (secondary N) is 1. The molecule has 0 aliphatic carbocycles. The summed E-state index contributed by atoms with van der Waals surface area (Å²) in [6.07, 6.45) is 0. The third-order valence-corrected chi connectivity index (χ3v) is 6.02. The number of hydrogen-bond donors (Lipinski definition) is 1. The Bertz CT molecular complexity index is 1420. The summed E-state index contributed by atoms with van der Waals surface area (Å²) in [7, 11) is 1.61. The highest BCUT2D eigenvalue weighted by Crippen LogP contribution is 2.29. The molecule has 0 spiro atoms. The van der Waals surface area contributed by atoms with Crippen LogP contribution in [0.4, 0.5) is 11.4 Å². The second-order valence-electron chi connectivity index (χ2n) is 6.67. The van der Waals surface area contributed by atoms with Crippen molar-refractivity contribution >= 4 is 57.3 Å². The van der Waals surface area contributed by atoms with E-state index in [0.29, 0.717) is 21.8 Å². The van der Waals surface area contributed by atoms with Crippen LogP contribution in [0.5, 0.6) is 0 Å². The van der Waals surface area contributed by atoms with Crippen molar-refractivity contribution in [2.24, 2.45) is 7.05 Å². The Kier molecular flexibility index (Phi) is 5.38. The maximum Gasteiger partial charge on any atom is 0.271 e. The van der Waals surface area contributed by atoms with Crippen LogP contribution in [0.25, 0.3) is 16.7 Å². The highest BCUT2D eigenvalue weighted by atomic mass is 35.5. The summed E-state index contributed by atoms with van der Waals surface area (Å²) in [6.45, 7) is 1.69. The smallest absolute Gasteiger partial charge is 0.271 e. The Morgan fingerprint density at radius 2 is 2.00 bits per heavy atom. The number of halogens is 1. The van der Waals surface area contributed by atoms with E-state index in [4.69, 9.17) is 11.6 Å². The summed E-state index contributed by atoms with van der Waals surface area (Å²) >= 11 is 7.22. The van der Waals surface area contributed by atoms with Crippen LogP contribution in [0.1, 0.15) is 6.92 Å². The second-order valence-corrected chi connectivity index (χ2v) is 8.39. The second kappa shape index (κ2) is 8.00. The number of para-hydroxylation sites is 1. The molecular weight excluding hydrogens is 444 g/mol. The Morgan fingerprint density at radius 3 is 2.71 bits per heavy atom. The van der Waals surface area contributed by atoms with Crippen molar-refractivity contribution in [3.8, 4) is 0 Å². The van der Waals surface area contributed by atoms with Crippen LogP contribution in [0.3, 0.4) is 0 Å². The number of nitrogens with zero attached hydrogens (tertiary/aromatic N) is 5. The van der Waals surface area contributed by atoms with Crippen LogP contribution in [0.15, 0.2) is 52.4 Å². The van der Waals surface area contributed by atoms with Crippen molar-refractivity contribution in [1.82, 2.24) is 19.2 Å². The summed E-state index contributed by atoms with van der Waals surface area (Å²) in [5.41, 5.74) is 0.547. The van der Waals surface area contributed by atoms with Crippen molar-refractivity contribution in [1.29, 1.82) is 0 Å². The van der Waals surface area contributed by atoms with E-state index in [1.165, 1.54) is 22.8 Å². The monoisotopic (exact) mass is 458 g/mol. The average Bonchev–Trinajstić information content (AvgIpc) is 3.17. The lowest BCUT2D eigenvalue weighted by Crippen LogP contribution is -2.23. The minimum Gasteiger partial charge on any atom is -0.324 e. The van der Waals surface area contributed by atoms with Gasteiger partial charge in [0.25, 0.3) is 11.2 Å². The minimum atomic E-state index is -0.602. The lowest BCUT2D eigenvalue weighted by atomic mass is 10.2. The van der Waals surface area contributed by atoms with Gasteiger partial charge in [0, 0.05) is 19.2 Å². The van der Waals surface area contributed by atoms with E-state index in [9.17, 15) is 19.7 Å². The molecule has 0 aliphatic rings. The van der Waals surface area contributed by atoms with Gasteiger partial charge in [-0.1, -0.05) is 35.5 Å². The number of non-ortho nitro benzene ring substituents is 1. The molecule has 158 valence electrons. The van der Waals surface area contributed by atoms with E-state index >= 15 is 0 Å². The van der Waals surface area contributed by atoms with Gasteiger partial charge >= 0.3 is 0 Å². The molecule has 0 saturated heterocycles. The van der Waals surface area contributed by atoms with Gasteiger partial charge in [0.1, 0.15) is 0 Å². The Balaban J connectivity index is 1.63. The summed E-state index contributed by atoms with van der Waals surface area (Å²) in [4.78, 5) is 35.5. The fraction of sp³-hybridized carbons (Fsp3) is 0.158. The number of aromatic nitrogens is 4. The number of hydrogen-bond acceptors (Lipinski definition) is 7. The fourth-order valence-electron chi connectivity index (χ4n) is 3.05. The number of aryl methyl sites for hydroxylation is 1. The number of thioether (sulfide) groups is 1. The molecule has 2 aromatic heterocycles. The molecule has 1 unspecified atom stereocenters. The molecule has 2 aromatic carbocycles. The van der Waals surface area contributed by atoms with E-state index in [2.05, 4.69) is 15.5 Å². The third-order valence-electron chi connectivity index (χ3n) is 4.67. The predicted octanol–water partition coefficient (Wildman–Crippen LogP) is 3.26. The number of carbonyl (C=O) groups excluding carboxylic acids is 1. The number of rotatable bonds is 5. The predicted molar refractivity (Wildman–Crippen MR) is 118 cm³/mol. The number of nitro groups is 1. The molecule has 31 heavy (non-hydrogen) atoms. The molecule has 1 amide bonds. The number of amides is 1. The van der Waals surface area contributed by atoms with Gasteiger partial charge in [-0.3, -0.25) is 28.7 Å². The summed E-state index contributed by atoms with van der Waals surface area (Å²) in [6, 6.07) is 10.9. The van der Waals surface area contributed by atoms with Crippen molar-refractivity contribution in [3.63, 3.8) is 0 Å². The first-order chi connectivity index (χ1) is 14.8. The highest BCUT2D eigenvalue weighted by molar-refractivity contribution is 8.00. The lowest BCUT2D eigenvalue weighted by molar-refractivity contribution is -0.384. The lowest BCUT2D eigenvalue weighted by Gasteiger charge is -2.13. The van der Waals surface area contributed by atoms with E-state index in [1.807, 2.05) is 6.07 Å². The van der Waals surface area contributed by atoms with Gasteiger partial charge in [0.05, 0.1) is 31.8 Å². The van der Waals surface area contributed by atoms with E-state index < -0.39 is 10.2 Å². The molecule has 4 rings (SSSR count). The molecule has 0 radical (unpaired) electrons. The Morgan fingerprint density at radius 1 is 1.26 bits per heavy atom. The molecule has 0 bridgehead atoms. The first kappa shape index (κ1) is 20.8. The number of nitro benzene ring substituents is 1. The van der Waals surface area contributed by atoms with Gasteiger partial charge < -0.3 is 5.32 Å². The summed E-state index contributed by atoms with van der Waals surface area (Å²) in [5.74, 6) is -0.0103. The van der Waals surface area contributed by atoms with Crippen molar-refractivity contribution in [2.45, 2.75) is 17.3 Å². The first-order valence-corrected chi connectivity index (χ1v) is 10.3. The van der Waals surface area contributed by atoms with Gasteiger partial charge in [0.15, 0.2) is 5.16 Å². The van der Waals surface area contributed by atoms with Crippen LogP contribution < -0.4 is 10.9 Å². The molecule has 4 aromatic rings. The highest BCUT2D eigenvalue weighted by Gasteiger charge is 2.22. The van der Waals surface area contributed by atoms with Crippen molar-refractivity contribution < 1.29 is 9.72 Å². The zero-order valence-corrected chi connectivity index (χ0v) is 17.8. The average molecular weight is 459 g/mol. The normalized spacial score (nSPS) is 12.2. The number of anilines is 1. The quantitative estimate of drug-likeness (QED) is 0.276. The Hall–Kier alpha value is -3.44. The van der Waals surface area contributed by atoms with Crippen molar-refractivity contribution in [3.05, 3.63) is 68.0 Å². The topological polar surface area (TPSA) is 124 Å². The van der Waals surface area contributed by atoms with E-state index in [0.717, 1.165) is 11.8 Å². The maximum absolute atomic E-state index is 12.7. The van der Waals surface area contributed by atoms with Crippen LogP contribution in [-0.2, 0) is 11.8 Å². The molecule has 0 saturated carbocycles.